The predicted molar refractivity (Wildman–Crippen MR) is 94.4 cm³/mol. The Morgan fingerprint density at radius 1 is 1.33 bits per heavy atom. The van der Waals surface area contributed by atoms with Gasteiger partial charge in [-0.25, -0.2) is 0 Å². The zero-order chi connectivity index (χ0) is 16.1. The van der Waals surface area contributed by atoms with E-state index in [0.29, 0.717) is 32.6 Å². The number of para-hydroxylation sites is 1. The lowest BCUT2D eigenvalue weighted by atomic mass is 10.0. The lowest BCUT2D eigenvalue weighted by molar-refractivity contribution is -0.129. The molecular formula is C17H24ClN3O3. The molecule has 24 heavy (non-hydrogen) atoms. The van der Waals surface area contributed by atoms with Gasteiger partial charge in [-0.3, -0.25) is 9.59 Å². The number of hydrogen-bond donors (Lipinski definition) is 2. The van der Waals surface area contributed by atoms with Crippen molar-refractivity contribution in [2.75, 3.05) is 31.2 Å². The first-order valence-electron chi connectivity index (χ1n) is 8.21. The van der Waals surface area contributed by atoms with Crippen LogP contribution in [0.2, 0.25) is 0 Å². The second kappa shape index (κ2) is 9.01. The summed E-state index contributed by atoms with van der Waals surface area (Å²) in [6.07, 6.45) is 1.92. The maximum Gasteiger partial charge on any atom is 0.249 e. The molecule has 2 atom stereocenters. The Balaban J connectivity index is 0.00000208. The van der Waals surface area contributed by atoms with Gasteiger partial charge in [0.2, 0.25) is 11.8 Å². The smallest absolute Gasteiger partial charge is 0.249 e. The molecule has 3 rings (SSSR count). The number of ether oxygens (including phenoxy) is 1. The first kappa shape index (κ1) is 18.7. The molecule has 132 valence electrons. The average Bonchev–Trinajstić information content (AvgIpc) is 2.58. The van der Waals surface area contributed by atoms with Gasteiger partial charge in [0, 0.05) is 31.2 Å². The number of morpholine rings is 1. The molecule has 2 amide bonds. The van der Waals surface area contributed by atoms with E-state index in [2.05, 4.69) is 10.6 Å². The highest BCUT2D eigenvalue weighted by Crippen LogP contribution is 2.20. The van der Waals surface area contributed by atoms with Crippen molar-refractivity contribution in [1.29, 1.82) is 0 Å². The van der Waals surface area contributed by atoms with E-state index in [0.717, 1.165) is 18.7 Å². The number of anilines is 1. The summed E-state index contributed by atoms with van der Waals surface area (Å²) in [6.45, 7) is 2.70. The molecule has 0 spiro atoms. The molecule has 0 bridgehead atoms. The molecule has 2 unspecified atom stereocenters. The highest BCUT2D eigenvalue weighted by atomic mass is 35.5. The number of amides is 2. The fourth-order valence-corrected chi connectivity index (χ4v) is 3.10. The number of hydrogen-bond acceptors (Lipinski definition) is 4. The molecule has 2 saturated heterocycles. The topological polar surface area (TPSA) is 70.7 Å². The summed E-state index contributed by atoms with van der Waals surface area (Å²) < 4.78 is 5.35. The lowest BCUT2D eigenvalue weighted by Crippen LogP contribution is -2.53. The standard InChI is InChI=1S/C17H23N3O3.ClH/c21-16(11-13-12-23-10-8-18-13)19-15-7-4-9-20(17(15)22)14-5-2-1-3-6-14;/h1-3,5-6,13,15,18H,4,7-12H2,(H,19,21);1H. The van der Waals surface area contributed by atoms with Crippen molar-refractivity contribution in [2.45, 2.75) is 31.3 Å². The van der Waals surface area contributed by atoms with Gasteiger partial charge in [0.25, 0.3) is 0 Å². The number of carbonyl (C=O) groups excluding carboxylic acids is 2. The van der Waals surface area contributed by atoms with Gasteiger partial charge in [-0.2, -0.15) is 0 Å². The van der Waals surface area contributed by atoms with E-state index in [4.69, 9.17) is 4.74 Å². The van der Waals surface area contributed by atoms with Crippen molar-refractivity contribution >= 4 is 29.9 Å². The third-order valence-electron chi connectivity index (χ3n) is 4.27. The minimum atomic E-state index is -0.430. The molecule has 0 aliphatic carbocycles. The predicted octanol–water partition coefficient (Wildman–Crippen LogP) is 1.10. The maximum atomic E-state index is 12.6. The molecule has 2 fully saturated rings. The minimum absolute atomic E-state index is 0. The van der Waals surface area contributed by atoms with Gasteiger partial charge >= 0.3 is 0 Å². The fourth-order valence-electron chi connectivity index (χ4n) is 3.10. The summed E-state index contributed by atoms with van der Waals surface area (Å²) in [6, 6.07) is 9.21. The van der Waals surface area contributed by atoms with Crippen molar-refractivity contribution < 1.29 is 14.3 Å². The number of piperidine rings is 1. The van der Waals surface area contributed by atoms with E-state index in [1.54, 1.807) is 4.90 Å². The summed E-state index contributed by atoms with van der Waals surface area (Å²) in [5.74, 6) is -0.120. The Morgan fingerprint density at radius 2 is 2.12 bits per heavy atom. The summed E-state index contributed by atoms with van der Waals surface area (Å²) in [5, 5.41) is 6.14. The third kappa shape index (κ3) is 4.69. The van der Waals surface area contributed by atoms with E-state index >= 15 is 0 Å². The summed E-state index contributed by atoms with van der Waals surface area (Å²) in [4.78, 5) is 26.6. The van der Waals surface area contributed by atoms with Crippen molar-refractivity contribution in [3.05, 3.63) is 30.3 Å². The van der Waals surface area contributed by atoms with E-state index in [-0.39, 0.29) is 30.3 Å². The number of rotatable bonds is 4. The van der Waals surface area contributed by atoms with Gasteiger partial charge in [0.15, 0.2) is 0 Å². The molecular weight excluding hydrogens is 330 g/mol. The Bertz CT molecular complexity index is 549. The molecule has 1 aromatic rings. The Kier molecular flexibility index (Phi) is 7.02. The van der Waals surface area contributed by atoms with Gasteiger partial charge in [-0.15, -0.1) is 12.4 Å². The van der Waals surface area contributed by atoms with Crippen molar-refractivity contribution in [1.82, 2.24) is 10.6 Å². The molecule has 2 heterocycles. The monoisotopic (exact) mass is 353 g/mol. The quantitative estimate of drug-likeness (QED) is 0.850. The Hall–Kier alpha value is -1.63. The molecule has 0 saturated carbocycles. The zero-order valence-electron chi connectivity index (χ0n) is 13.6. The van der Waals surface area contributed by atoms with Crippen molar-refractivity contribution in [3.8, 4) is 0 Å². The SMILES string of the molecule is Cl.O=C(CC1COCCN1)NC1CCCN(c2ccccc2)C1=O. The highest BCUT2D eigenvalue weighted by molar-refractivity contribution is 5.99. The molecule has 2 aliphatic rings. The van der Waals surface area contributed by atoms with Crippen molar-refractivity contribution in [2.24, 2.45) is 0 Å². The summed E-state index contributed by atoms with van der Waals surface area (Å²) >= 11 is 0. The largest absolute Gasteiger partial charge is 0.378 e. The summed E-state index contributed by atoms with van der Waals surface area (Å²) in [5.41, 5.74) is 0.888. The Morgan fingerprint density at radius 3 is 2.83 bits per heavy atom. The molecule has 2 aliphatic heterocycles. The van der Waals surface area contributed by atoms with Crippen LogP contribution in [0.4, 0.5) is 5.69 Å². The van der Waals surface area contributed by atoms with E-state index in [1.165, 1.54) is 0 Å². The number of nitrogens with one attached hydrogen (secondary N) is 2. The zero-order valence-corrected chi connectivity index (χ0v) is 14.4. The normalized spacial score (nSPS) is 24.2. The van der Waals surface area contributed by atoms with Crippen LogP contribution in [0.15, 0.2) is 30.3 Å². The van der Waals surface area contributed by atoms with Gasteiger partial charge in [0.05, 0.1) is 13.2 Å². The highest BCUT2D eigenvalue weighted by Gasteiger charge is 2.31. The van der Waals surface area contributed by atoms with E-state index in [1.807, 2.05) is 30.3 Å². The molecule has 7 heteroatoms. The lowest BCUT2D eigenvalue weighted by Gasteiger charge is -2.33. The number of benzene rings is 1. The van der Waals surface area contributed by atoms with Crippen LogP contribution >= 0.6 is 12.4 Å². The average molecular weight is 354 g/mol. The van der Waals surface area contributed by atoms with Crippen LogP contribution in [-0.2, 0) is 14.3 Å². The summed E-state index contributed by atoms with van der Waals surface area (Å²) in [7, 11) is 0. The second-order valence-corrected chi connectivity index (χ2v) is 6.02. The van der Waals surface area contributed by atoms with Crippen LogP contribution in [0, 0.1) is 0 Å². The molecule has 0 aromatic heterocycles. The minimum Gasteiger partial charge on any atom is -0.378 e. The number of carbonyl (C=O) groups is 2. The van der Waals surface area contributed by atoms with Gasteiger partial charge in [-0.1, -0.05) is 18.2 Å². The van der Waals surface area contributed by atoms with Crippen LogP contribution in [0.3, 0.4) is 0 Å². The van der Waals surface area contributed by atoms with Crippen LogP contribution < -0.4 is 15.5 Å². The van der Waals surface area contributed by atoms with Crippen LogP contribution in [0.1, 0.15) is 19.3 Å². The van der Waals surface area contributed by atoms with Crippen LogP contribution in [-0.4, -0.2) is 50.2 Å². The molecule has 6 nitrogen and oxygen atoms in total. The van der Waals surface area contributed by atoms with Gasteiger partial charge < -0.3 is 20.3 Å². The van der Waals surface area contributed by atoms with Crippen LogP contribution in [0.5, 0.6) is 0 Å². The Labute approximate surface area is 148 Å². The number of nitrogens with zero attached hydrogens (tertiary/aromatic N) is 1. The van der Waals surface area contributed by atoms with Gasteiger partial charge in [-0.05, 0) is 25.0 Å². The van der Waals surface area contributed by atoms with Crippen molar-refractivity contribution in [3.63, 3.8) is 0 Å². The second-order valence-electron chi connectivity index (χ2n) is 6.02. The molecule has 0 radical (unpaired) electrons. The molecule has 2 N–H and O–H groups in total. The van der Waals surface area contributed by atoms with Crippen LogP contribution in [0.25, 0.3) is 0 Å². The fraction of sp³-hybridized carbons (Fsp3) is 0.529. The first-order chi connectivity index (χ1) is 11.2. The third-order valence-corrected chi connectivity index (χ3v) is 4.27. The first-order valence-corrected chi connectivity index (χ1v) is 8.21. The molecule has 1 aromatic carbocycles. The van der Waals surface area contributed by atoms with E-state index in [9.17, 15) is 9.59 Å². The van der Waals surface area contributed by atoms with Gasteiger partial charge in [0.1, 0.15) is 6.04 Å². The van der Waals surface area contributed by atoms with E-state index < -0.39 is 6.04 Å². The number of halogens is 1. The maximum absolute atomic E-state index is 12.6.